The second-order valence-electron chi connectivity index (χ2n) is 4.50. The minimum Gasteiger partial charge on any atom is -0.385 e. The molecule has 0 saturated heterocycles. The molecule has 1 aromatic carbocycles. The highest BCUT2D eigenvalue weighted by molar-refractivity contribution is 6.03. The van der Waals surface area contributed by atoms with Crippen molar-refractivity contribution in [2.75, 3.05) is 17.2 Å². The number of benzene rings is 1. The number of nitrogens with zero attached hydrogens (tertiary/aromatic N) is 2. The van der Waals surface area contributed by atoms with E-state index in [1.165, 1.54) is 5.56 Å². The van der Waals surface area contributed by atoms with Gasteiger partial charge >= 0.3 is 6.01 Å². The van der Waals surface area contributed by atoms with E-state index in [4.69, 9.17) is 4.52 Å². The fraction of sp³-hybridized carbons (Fsp3) is 0.308. The Morgan fingerprint density at radius 1 is 1.47 bits per heavy atom. The zero-order valence-electron chi connectivity index (χ0n) is 10.6. The van der Waals surface area contributed by atoms with Crippen molar-refractivity contribution in [1.82, 2.24) is 10.1 Å². The van der Waals surface area contributed by atoms with Crippen LogP contribution in [0.2, 0.25) is 0 Å². The van der Waals surface area contributed by atoms with Crippen LogP contribution in [0.1, 0.15) is 28.2 Å². The molecule has 2 heterocycles. The molecule has 1 aromatic heterocycles. The Morgan fingerprint density at radius 3 is 3.16 bits per heavy atom. The Morgan fingerprint density at radius 2 is 2.37 bits per heavy atom. The van der Waals surface area contributed by atoms with Crippen LogP contribution in [0.4, 0.5) is 11.7 Å². The first kappa shape index (κ1) is 11.7. The lowest BCUT2D eigenvalue weighted by molar-refractivity contribution is 0.102. The molecule has 6 heteroatoms. The third-order valence-electron chi connectivity index (χ3n) is 3.05. The number of aromatic nitrogens is 2. The highest BCUT2D eigenvalue weighted by atomic mass is 16.5. The number of aryl methyl sites for hydroxylation is 2. The number of nitrogens with one attached hydrogen (secondary N) is 2. The van der Waals surface area contributed by atoms with E-state index in [1.54, 1.807) is 13.0 Å². The number of hydrogen-bond acceptors (Lipinski definition) is 5. The number of rotatable bonds is 2. The van der Waals surface area contributed by atoms with Gasteiger partial charge in [-0.15, -0.1) is 0 Å². The number of carbonyl (C=O) groups excluding carboxylic acids is 1. The maximum absolute atomic E-state index is 12.0. The van der Waals surface area contributed by atoms with Gasteiger partial charge < -0.3 is 9.84 Å². The predicted octanol–water partition coefficient (Wildman–Crippen LogP) is 1.99. The third-order valence-corrected chi connectivity index (χ3v) is 3.05. The van der Waals surface area contributed by atoms with Crippen molar-refractivity contribution >= 4 is 17.6 Å². The van der Waals surface area contributed by atoms with Crippen LogP contribution in [-0.2, 0) is 6.42 Å². The molecule has 0 radical (unpaired) electrons. The highest BCUT2D eigenvalue weighted by Crippen LogP contribution is 2.23. The summed E-state index contributed by atoms with van der Waals surface area (Å²) in [5, 5.41) is 9.52. The van der Waals surface area contributed by atoms with Crippen molar-refractivity contribution < 1.29 is 9.32 Å². The van der Waals surface area contributed by atoms with Gasteiger partial charge in [-0.2, -0.15) is 4.98 Å². The molecule has 19 heavy (non-hydrogen) atoms. The molecule has 0 bridgehead atoms. The Labute approximate surface area is 110 Å². The van der Waals surface area contributed by atoms with Crippen LogP contribution < -0.4 is 10.6 Å². The van der Waals surface area contributed by atoms with Crippen LogP contribution in [0.25, 0.3) is 0 Å². The summed E-state index contributed by atoms with van der Waals surface area (Å²) in [6.45, 7) is 2.68. The Balaban J connectivity index is 1.80. The maximum Gasteiger partial charge on any atom is 0.328 e. The average molecular weight is 258 g/mol. The fourth-order valence-corrected chi connectivity index (χ4v) is 2.13. The number of anilines is 2. The minimum absolute atomic E-state index is 0.123. The van der Waals surface area contributed by atoms with Gasteiger partial charge in [0.1, 0.15) is 0 Å². The second-order valence-corrected chi connectivity index (χ2v) is 4.50. The van der Waals surface area contributed by atoms with E-state index < -0.39 is 0 Å². The SMILES string of the molecule is Cc1noc(NC(=O)c2ccc3c(c2)CCCN3)n1. The molecule has 98 valence electrons. The van der Waals surface area contributed by atoms with Gasteiger partial charge in [-0.25, -0.2) is 0 Å². The van der Waals surface area contributed by atoms with Gasteiger partial charge in [-0.05, 0) is 43.5 Å². The fourth-order valence-electron chi connectivity index (χ4n) is 2.13. The first-order valence-corrected chi connectivity index (χ1v) is 6.21. The zero-order valence-corrected chi connectivity index (χ0v) is 10.6. The molecule has 3 rings (SSSR count). The molecule has 0 aliphatic carbocycles. The smallest absolute Gasteiger partial charge is 0.328 e. The second kappa shape index (κ2) is 4.72. The van der Waals surface area contributed by atoms with Crippen molar-refractivity contribution in [2.45, 2.75) is 19.8 Å². The lowest BCUT2D eigenvalue weighted by Gasteiger charge is -2.18. The van der Waals surface area contributed by atoms with E-state index in [-0.39, 0.29) is 11.9 Å². The molecule has 0 saturated carbocycles. The van der Waals surface area contributed by atoms with Crippen LogP contribution >= 0.6 is 0 Å². The summed E-state index contributed by atoms with van der Waals surface area (Å²) in [7, 11) is 0. The molecule has 0 unspecified atom stereocenters. The van der Waals surface area contributed by atoms with Crippen LogP contribution in [-0.4, -0.2) is 22.6 Å². The van der Waals surface area contributed by atoms with Gasteiger partial charge in [0.25, 0.3) is 5.91 Å². The van der Waals surface area contributed by atoms with Crippen LogP contribution in [0.5, 0.6) is 0 Å². The quantitative estimate of drug-likeness (QED) is 0.861. The normalized spacial score (nSPS) is 13.5. The molecule has 1 amide bonds. The summed E-state index contributed by atoms with van der Waals surface area (Å²) in [4.78, 5) is 16.0. The summed E-state index contributed by atoms with van der Waals surface area (Å²) in [6.07, 6.45) is 2.07. The average Bonchev–Trinajstić information content (AvgIpc) is 2.83. The zero-order chi connectivity index (χ0) is 13.2. The van der Waals surface area contributed by atoms with Gasteiger partial charge in [0.2, 0.25) is 0 Å². The molecular formula is C13H14N4O2. The van der Waals surface area contributed by atoms with Gasteiger partial charge in [0, 0.05) is 17.8 Å². The summed E-state index contributed by atoms with van der Waals surface area (Å²) in [5.74, 6) is 0.252. The summed E-state index contributed by atoms with van der Waals surface area (Å²) in [6, 6.07) is 5.75. The molecule has 2 aromatic rings. The third kappa shape index (κ3) is 2.42. The Hall–Kier alpha value is -2.37. The summed E-state index contributed by atoms with van der Waals surface area (Å²) in [5.41, 5.74) is 2.87. The van der Waals surface area contributed by atoms with E-state index in [0.717, 1.165) is 25.1 Å². The van der Waals surface area contributed by atoms with Crippen molar-refractivity contribution in [1.29, 1.82) is 0 Å². The Bertz CT molecular complexity index is 621. The number of amides is 1. The molecule has 0 fully saturated rings. The first-order chi connectivity index (χ1) is 9.22. The molecular weight excluding hydrogens is 244 g/mol. The predicted molar refractivity (Wildman–Crippen MR) is 70.2 cm³/mol. The molecule has 6 nitrogen and oxygen atoms in total. The first-order valence-electron chi connectivity index (χ1n) is 6.21. The lowest BCUT2D eigenvalue weighted by Crippen LogP contribution is -2.15. The van der Waals surface area contributed by atoms with Gasteiger partial charge in [-0.1, -0.05) is 5.16 Å². The summed E-state index contributed by atoms with van der Waals surface area (Å²) >= 11 is 0. The van der Waals surface area contributed by atoms with E-state index in [0.29, 0.717) is 11.4 Å². The largest absolute Gasteiger partial charge is 0.385 e. The Kier molecular flexibility index (Phi) is 2.91. The number of hydrogen-bond donors (Lipinski definition) is 2. The molecule has 0 atom stereocenters. The van der Waals surface area contributed by atoms with Crippen molar-refractivity contribution in [3.05, 3.63) is 35.2 Å². The topological polar surface area (TPSA) is 80.0 Å². The van der Waals surface area contributed by atoms with Gasteiger partial charge in [0.05, 0.1) is 0 Å². The van der Waals surface area contributed by atoms with Gasteiger partial charge in [-0.3, -0.25) is 10.1 Å². The summed E-state index contributed by atoms with van der Waals surface area (Å²) < 4.78 is 4.86. The number of carbonyl (C=O) groups is 1. The monoisotopic (exact) mass is 258 g/mol. The maximum atomic E-state index is 12.0. The standard InChI is InChI=1S/C13H14N4O2/c1-8-15-13(19-17-8)16-12(18)10-4-5-11-9(7-10)3-2-6-14-11/h4-5,7,14H,2-3,6H2,1H3,(H,15,16,17,18). The minimum atomic E-state index is -0.239. The van der Waals surface area contributed by atoms with E-state index in [1.807, 2.05) is 12.1 Å². The highest BCUT2D eigenvalue weighted by Gasteiger charge is 2.14. The van der Waals surface area contributed by atoms with Crippen LogP contribution in [0.3, 0.4) is 0 Å². The van der Waals surface area contributed by atoms with E-state index in [2.05, 4.69) is 20.8 Å². The molecule has 0 spiro atoms. The lowest BCUT2D eigenvalue weighted by atomic mass is 10.0. The van der Waals surface area contributed by atoms with Crippen LogP contribution in [0.15, 0.2) is 22.7 Å². The van der Waals surface area contributed by atoms with Gasteiger partial charge in [0.15, 0.2) is 5.82 Å². The van der Waals surface area contributed by atoms with E-state index in [9.17, 15) is 4.79 Å². The van der Waals surface area contributed by atoms with E-state index >= 15 is 0 Å². The van der Waals surface area contributed by atoms with Crippen molar-refractivity contribution in [3.8, 4) is 0 Å². The molecule has 1 aliphatic heterocycles. The molecule has 2 N–H and O–H groups in total. The van der Waals surface area contributed by atoms with Crippen LogP contribution in [0, 0.1) is 6.92 Å². The van der Waals surface area contributed by atoms with Crippen molar-refractivity contribution in [2.24, 2.45) is 0 Å². The number of fused-ring (bicyclic) bond motifs is 1. The molecule has 1 aliphatic rings. The van der Waals surface area contributed by atoms with Crippen molar-refractivity contribution in [3.63, 3.8) is 0 Å².